The van der Waals surface area contributed by atoms with Gasteiger partial charge in [0, 0.05) is 21.2 Å². The van der Waals surface area contributed by atoms with Crippen LogP contribution in [-0.4, -0.2) is 30.2 Å². The summed E-state index contributed by atoms with van der Waals surface area (Å²) in [7, 11) is -2.75. The molecule has 11 heteroatoms. The Balaban J connectivity index is 2.06. The second kappa shape index (κ2) is 8.83. The molecule has 0 spiro atoms. The van der Waals surface area contributed by atoms with Gasteiger partial charge in [0.2, 0.25) is 12.3 Å². The van der Waals surface area contributed by atoms with Gasteiger partial charge in [0.15, 0.2) is 0 Å². The Hall–Kier alpha value is -2.30. The molecule has 0 aliphatic carbocycles. The van der Waals surface area contributed by atoms with Gasteiger partial charge in [-0.1, -0.05) is 25.4 Å². The fourth-order valence-corrected chi connectivity index (χ4v) is 5.41. The number of thiol groups is 1. The molecule has 0 saturated carbocycles. The zero-order valence-electron chi connectivity index (χ0n) is 16.4. The highest BCUT2D eigenvalue weighted by Gasteiger charge is 2.34. The average Bonchev–Trinajstić information content (AvgIpc) is 3.30. The number of aromatic nitrogens is 2. The minimum Gasteiger partial charge on any atom is -0.423 e. The smallest absolute Gasteiger partial charge is 0.247 e. The molecule has 160 valence electrons. The molecule has 3 aromatic rings. The van der Waals surface area contributed by atoms with Crippen LogP contribution in [-0.2, 0) is 16.2 Å². The minimum atomic E-state index is -2.75. The SMILES string of the molecule is CC(C)C(=N)N[C@@](C)(C[SH](=O)=O)c1sc(-c2cc(F)cc(-c3nnco3)c2)cc1Cl. The van der Waals surface area contributed by atoms with Gasteiger partial charge in [-0.25, -0.2) is 12.8 Å². The molecule has 0 saturated heterocycles. The zero-order valence-corrected chi connectivity index (χ0v) is 18.9. The summed E-state index contributed by atoms with van der Waals surface area (Å²) >= 11 is 7.71. The summed E-state index contributed by atoms with van der Waals surface area (Å²) in [6, 6.07) is 5.98. The Labute approximate surface area is 183 Å². The maximum Gasteiger partial charge on any atom is 0.247 e. The molecule has 0 amide bonds. The van der Waals surface area contributed by atoms with Crippen molar-refractivity contribution in [2.45, 2.75) is 26.3 Å². The number of rotatable bonds is 7. The lowest BCUT2D eigenvalue weighted by Crippen LogP contribution is -2.47. The first-order chi connectivity index (χ1) is 14.1. The number of halogens is 2. The second-order valence-electron chi connectivity index (χ2n) is 7.28. The molecule has 1 atom stereocenters. The largest absolute Gasteiger partial charge is 0.423 e. The first kappa shape index (κ1) is 22.4. The van der Waals surface area contributed by atoms with E-state index in [2.05, 4.69) is 15.5 Å². The van der Waals surface area contributed by atoms with Gasteiger partial charge in [-0.3, -0.25) is 5.41 Å². The van der Waals surface area contributed by atoms with E-state index in [-0.39, 0.29) is 23.4 Å². The molecule has 2 N–H and O–H groups in total. The Kier molecular flexibility index (Phi) is 6.59. The molecule has 0 aliphatic rings. The van der Waals surface area contributed by atoms with Crippen LogP contribution in [0.3, 0.4) is 0 Å². The first-order valence-corrected chi connectivity index (χ1v) is 11.5. The van der Waals surface area contributed by atoms with E-state index >= 15 is 0 Å². The molecule has 3 rings (SSSR count). The third-order valence-electron chi connectivity index (χ3n) is 4.41. The van der Waals surface area contributed by atoms with Crippen LogP contribution in [0.5, 0.6) is 0 Å². The summed E-state index contributed by atoms with van der Waals surface area (Å²) in [5.41, 5.74) is -0.146. The van der Waals surface area contributed by atoms with Crippen LogP contribution >= 0.6 is 22.9 Å². The van der Waals surface area contributed by atoms with Crippen LogP contribution in [0.2, 0.25) is 5.02 Å². The van der Waals surface area contributed by atoms with Gasteiger partial charge in [-0.2, -0.15) is 0 Å². The molecule has 0 bridgehead atoms. The van der Waals surface area contributed by atoms with Crippen LogP contribution in [0.15, 0.2) is 35.1 Å². The summed E-state index contributed by atoms with van der Waals surface area (Å²) in [5, 5.41) is 18.9. The quantitative estimate of drug-likeness (QED) is 0.270. The average molecular weight is 471 g/mol. The zero-order chi connectivity index (χ0) is 22.1. The van der Waals surface area contributed by atoms with Crippen molar-refractivity contribution in [3.05, 3.63) is 46.4 Å². The van der Waals surface area contributed by atoms with Gasteiger partial charge >= 0.3 is 0 Å². The molecule has 2 heterocycles. The third kappa shape index (κ3) is 4.88. The van der Waals surface area contributed by atoms with Gasteiger partial charge in [-0.15, -0.1) is 21.5 Å². The van der Waals surface area contributed by atoms with E-state index in [0.29, 0.717) is 25.9 Å². The van der Waals surface area contributed by atoms with Crippen LogP contribution in [0.4, 0.5) is 4.39 Å². The standard InChI is InChI=1S/C19H20ClFN4O3S2/c1-10(2)17(22)24-19(3,8-30(26)27)16-14(20)7-15(29-16)11-4-12(6-13(21)5-11)18-25-23-9-28-18/h4-7,9-10,30H,8H2,1-3H3,(H2,22,24)/t19-/m0/s1. The molecule has 0 aliphatic heterocycles. The Morgan fingerprint density at radius 3 is 2.63 bits per heavy atom. The predicted octanol–water partition coefficient (Wildman–Crippen LogP) is 4.31. The van der Waals surface area contributed by atoms with Crippen molar-refractivity contribution in [2.75, 3.05) is 5.75 Å². The fourth-order valence-electron chi connectivity index (χ4n) is 2.91. The minimum absolute atomic E-state index is 0.118. The van der Waals surface area contributed by atoms with Crippen molar-refractivity contribution in [1.82, 2.24) is 15.5 Å². The van der Waals surface area contributed by atoms with Gasteiger partial charge in [0.05, 0.1) is 22.2 Å². The Morgan fingerprint density at radius 1 is 1.33 bits per heavy atom. The van der Waals surface area contributed by atoms with E-state index in [0.717, 1.165) is 6.39 Å². The van der Waals surface area contributed by atoms with Gasteiger partial charge in [-0.05, 0) is 36.8 Å². The van der Waals surface area contributed by atoms with Crippen LogP contribution in [0.25, 0.3) is 21.9 Å². The maximum atomic E-state index is 14.2. The van der Waals surface area contributed by atoms with Crippen molar-refractivity contribution >= 4 is 39.5 Å². The van der Waals surface area contributed by atoms with Crippen LogP contribution in [0, 0.1) is 17.1 Å². The molecule has 0 fully saturated rings. The fraction of sp³-hybridized carbons (Fsp3) is 0.316. The Morgan fingerprint density at radius 2 is 2.03 bits per heavy atom. The molecule has 0 radical (unpaired) electrons. The number of hydrogen-bond acceptors (Lipinski definition) is 7. The number of amidine groups is 1. The van der Waals surface area contributed by atoms with Crippen molar-refractivity contribution < 1.29 is 17.2 Å². The van der Waals surface area contributed by atoms with E-state index < -0.39 is 22.1 Å². The molecule has 7 nitrogen and oxygen atoms in total. The summed E-state index contributed by atoms with van der Waals surface area (Å²) < 4.78 is 42.5. The van der Waals surface area contributed by atoms with E-state index in [4.69, 9.17) is 21.4 Å². The molecular formula is C19H20ClFN4O3S2. The molecule has 2 aromatic heterocycles. The number of hydrogen-bond donors (Lipinski definition) is 3. The lowest BCUT2D eigenvalue weighted by Gasteiger charge is -2.30. The molecular weight excluding hydrogens is 451 g/mol. The summed E-state index contributed by atoms with van der Waals surface area (Å²) in [4.78, 5) is 1.19. The predicted molar refractivity (Wildman–Crippen MR) is 116 cm³/mol. The molecule has 0 unspecified atom stereocenters. The lowest BCUT2D eigenvalue weighted by atomic mass is 10.0. The van der Waals surface area contributed by atoms with E-state index in [1.807, 2.05) is 13.8 Å². The van der Waals surface area contributed by atoms with Crippen molar-refractivity contribution in [2.24, 2.45) is 5.92 Å². The van der Waals surface area contributed by atoms with Crippen LogP contribution < -0.4 is 5.32 Å². The van der Waals surface area contributed by atoms with Crippen LogP contribution in [0.1, 0.15) is 25.6 Å². The van der Waals surface area contributed by atoms with Crippen molar-refractivity contribution in [1.29, 1.82) is 5.41 Å². The highest BCUT2D eigenvalue weighted by molar-refractivity contribution is 7.72. The van der Waals surface area contributed by atoms with Gasteiger partial charge < -0.3 is 9.73 Å². The van der Waals surface area contributed by atoms with Crippen molar-refractivity contribution in [3.8, 4) is 21.9 Å². The van der Waals surface area contributed by atoms with Gasteiger partial charge in [0.25, 0.3) is 0 Å². The second-order valence-corrected chi connectivity index (χ2v) is 9.72. The highest BCUT2D eigenvalue weighted by atomic mass is 35.5. The van der Waals surface area contributed by atoms with Gasteiger partial charge in [0.1, 0.15) is 16.5 Å². The first-order valence-electron chi connectivity index (χ1n) is 8.95. The van der Waals surface area contributed by atoms with E-state index in [9.17, 15) is 12.8 Å². The lowest BCUT2D eigenvalue weighted by molar-refractivity contribution is 0.480. The van der Waals surface area contributed by atoms with E-state index in [1.165, 1.54) is 23.5 Å². The summed E-state index contributed by atoms with van der Waals surface area (Å²) in [6.45, 7) is 5.35. The van der Waals surface area contributed by atoms with Crippen molar-refractivity contribution in [3.63, 3.8) is 0 Å². The monoisotopic (exact) mass is 470 g/mol. The summed E-state index contributed by atoms with van der Waals surface area (Å²) in [6.07, 6.45) is 1.16. The number of nitrogens with zero attached hydrogens (tertiary/aromatic N) is 2. The number of thiophene rings is 1. The maximum absolute atomic E-state index is 14.2. The summed E-state index contributed by atoms with van der Waals surface area (Å²) in [5.74, 6) is -0.471. The number of nitrogens with one attached hydrogen (secondary N) is 2. The van der Waals surface area contributed by atoms with E-state index in [1.54, 1.807) is 19.1 Å². The highest BCUT2D eigenvalue weighted by Crippen LogP contribution is 2.41. The molecule has 30 heavy (non-hydrogen) atoms. The molecule has 1 aromatic carbocycles. The number of benzene rings is 1. The Bertz CT molecular complexity index is 1140. The topological polar surface area (TPSA) is 109 Å². The normalized spacial score (nSPS) is 13.6. The third-order valence-corrected chi connectivity index (χ3v) is 7.16.